The first-order chi connectivity index (χ1) is 9.79. The highest BCUT2D eigenvalue weighted by molar-refractivity contribution is 5.84. The Kier molecular flexibility index (Phi) is 3.90. The first-order valence-electron chi connectivity index (χ1n) is 7.81. The van der Waals surface area contributed by atoms with E-state index in [4.69, 9.17) is 0 Å². The molecular weight excluding hydrogens is 246 g/mol. The third-order valence-electron chi connectivity index (χ3n) is 4.90. The van der Waals surface area contributed by atoms with Gasteiger partial charge >= 0.3 is 0 Å². The Bertz CT molecular complexity index is 592. The molecule has 20 heavy (non-hydrogen) atoms. The number of carbonyl (C=O) groups is 1. The zero-order chi connectivity index (χ0) is 13.9. The number of H-pyrrole nitrogens is 1. The van der Waals surface area contributed by atoms with Gasteiger partial charge in [0.15, 0.2) is 0 Å². The number of para-hydroxylation sites is 1. The highest BCUT2D eigenvalue weighted by atomic mass is 16.1. The highest BCUT2D eigenvalue weighted by Gasteiger charge is 2.25. The summed E-state index contributed by atoms with van der Waals surface area (Å²) in [6, 6.07) is 8.41. The Labute approximate surface area is 120 Å². The van der Waals surface area contributed by atoms with Gasteiger partial charge in [-0.15, -0.1) is 0 Å². The normalized spacial score (nSPS) is 18.2. The number of hydrogen-bond donors (Lipinski definition) is 1. The summed E-state index contributed by atoms with van der Waals surface area (Å²) < 4.78 is 0. The summed E-state index contributed by atoms with van der Waals surface area (Å²) in [5.41, 5.74) is 3.74. The molecule has 2 nitrogen and oxygen atoms in total. The molecule has 106 valence electrons. The standard InChI is InChI=1S/C18H23NO/c1-13-17(16-9-5-6-10-18(16)19-13)11-15(12-20)14-7-3-2-4-8-14/h5-6,9-10,12,14-15,19H,2-4,7-8,11H2,1H3/t15-/m0/s1. The van der Waals surface area contributed by atoms with E-state index in [2.05, 4.69) is 36.2 Å². The Balaban J connectivity index is 1.87. The quantitative estimate of drug-likeness (QED) is 0.819. The van der Waals surface area contributed by atoms with E-state index >= 15 is 0 Å². The van der Waals surface area contributed by atoms with Crippen LogP contribution in [0.5, 0.6) is 0 Å². The van der Waals surface area contributed by atoms with Gasteiger partial charge in [-0.25, -0.2) is 0 Å². The maximum Gasteiger partial charge on any atom is 0.123 e. The van der Waals surface area contributed by atoms with E-state index in [1.807, 2.05) is 0 Å². The molecule has 0 aliphatic heterocycles. The van der Waals surface area contributed by atoms with Crippen LogP contribution in [-0.4, -0.2) is 11.3 Å². The van der Waals surface area contributed by atoms with Crippen molar-refractivity contribution >= 4 is 17.2 Å². The minimum atomic E-state index is 0.188. The molecule has 0 saturated heterocycles. The number of nitrogens with one attached hydrogen (secondary N) is 1. The lowest BCUT2D eigenvalue weighted by atomic mass is 9.78. The molecule has 1 aliphatic rings. The van der Waals surface area contributed by atoms with Gasteiger partial charge < -0.3 is 9.78 Å². The fourth-order valence-corrected chi connectivity index (χ4v) is 3.72. The van der Waals surface area contributed by atoms with Gasteiger partial charge in [-0.1, -0.05) is 37.5 Å². The largest absolute Gasteiger partial charge is 0.358 e. The monoisotopic (exact) mass is 269 g/mol. The van der Waals surface area contributed by atoms with Crippen LogP contribution in [0.25, 0.3) is 10.9 Å². The second-order valence-electron chi connectivity index (χ2n) is 6.18. The van der Waals surface area contributed by atoms with Gasteiger partial charge in [0.2, 0.25) is 0 Å². The summed E-state index contributed by atoms with van der Waals surface area (Å²) in [4.78, 5) is 15.0. The van der Waals surface area contributed by atoms with E-state index in [0.717, 1.165) is 6.42 Å². The molecule has 1 aliphatic carbocycles. The number of aromatic nitrogens is 1. The second-order valence-corrected chi connectivity index (χ2v) is 6.18. The summed E-state index contributed by atoms with van der Waals surface area (Å²) in [6.45, 7) is 2.12. The van der Waals surface area contributed by atoms with E-state index in [-0.39, 0.29) is 5.92 Å². The number of aromatic amines is 1. The SMILES string of the molecule is Cc1[nH]c2ccccc2c1C[C@@H](C=O)C1CCCCC1. The molecule has 1 fully saturated rings. The van der Waals surface area contributed by atoms with Gasteiger partial charge in [0.05, 0.1) is 0 Å². The number of hydrogen-bond acceptors (Lipinski definition) is 1. The van der Waals surface area contributed by atoms with E-state index in [1.165, 1.54) is 60.6 Å². The van der Waals surface area contributed by atoms with Crippen LogP contribution in [0.3, 0.4) is 0 Å². The van der Waals surface area contributed by atoms with Crippen molar-refractivity contribution in [2.24, 2.45) is 11.8 Å². The summed E-state index contributed by atoms with van der Waals surface area (Å²) in [5, 5.41) is 1.28. The predicted molar refractivity (Wildman–Crippen MR) is 82.9 cm³/mol. The average Bonchev–Trinajstić information content (AvgIpc) is 2.81. The fourth-order valence-electron chi connectivity index (χ4n) is 3.72. The van der Waals surface area contributed by atoms with Crippen molar-refractivity contribution in [3.8, 4) is 0 Å². The third-order valence-corrected chi connectivity index (χ3v) is 4.90. The molecule has 1 atom stereocenters. The molecule has 0 unspecified atom stereocenters. The minimum Gasteiger partial charge on any atom is -0.358 e. The van der Waals surface area contributed by atoms with Crippen LogP contribution in [0.15, 0.2) is 24.3 Å². The minimum absolute atomic E-state index is 0.188. The zero-order valence-electron chi connectivity index (χ0n) is 12.2. The lowest BCUT2D eigenvalue weighted by Gasteiger charge is -2.26. The van der Waals surface area contributed by atoms with Crippen LogP contribution in [0.1, 0.15) is 43.4 Å². The van der Waals surface area contributed by atoms with Crippen LogP contribution in [-0.2, 0) is 11.2 Å². The summed E-state index contributed by atoms with van der Waals surface area (Å²) in [5.74, 6) is 0.780. The van der Waals surface area contributed by atoms with Crippen molar-refractivity contribution in [3.63, 3.8) is 0 Å². The maximum absolute atomic E-state index is 11.6. The second kappa shape index (κ2) is 5.82. The third kappa shape index (κ3) is 2.52. The molecule has 2 heteroatoms. The van der Waals surface area contributed by atoms with Crippen molar-refractivity contribution in [1.29, 1.82) is 0 Å². The number of carbonyl (C=O) groups excluding carboxylic acids is 1. The molecule has 0 amide bonds. The molecule has 0 radical (unpaired) electrons. The maximum atomic E-state index is 11.6. The highest BCUT2D eigenvalue weighted by Crippen LogP contribution is 2.33. The van der Waals surface area contributed by atoms with E-state index < -0.39 is 0 Å². The summed E-state index contributed by atoms with van der Waals surface area (Å²) in [7, 11) is 0. The van der Waals surface area contributed by atoms with Gasteiger partial charge in [0, 0.05) is 22.5 Å². The predicted octanol–water partition coefficient (Wildman–Crippen LogP) is 4.41. The molecule has 3 rings (SSSR count). The van der Waals surface area contributed by atoms with Gasteiger partial charge in [-0.2, -0.15) is 0 Å². The van der Waals surface area contributed by atoms with Crippen molar-refractivity contribution in [2.45, 2.75) is 45.4 Å². The Morgan fingerprint density at radius 3 is 2.75 bits per heavy atom. The number of fused-ring (bicyclic) bond motifs is 1. The van der Waals surface area contributed by atoms with E-state index in [9.17, 15) is 4.79 Å². The fraction of sp³-hybridized carbons (Fsp3) is 0.500. The molecule has 1 heterocycles. The van der Waals surface area contributed by atoms with Crippen molar-refractivity contribution in [2.75, 3.05) is 0 Å². The first-order valence-corrected chi connectivity index (χ1v) is 7.81. The molecule has 0 spiro atoms. The Morgan fingerprint density at radius 2 is 2.00 bits per heavy atom. The van der Waals surface area contributed by atoms with Gasteiger partial charge in [-0.05, 0) is 43.7 Å². The molecular formula is C18H23NO. The van der Waals surface area contributed by atoms with Gasteiger partial charge in [0.25, 0.3) is 0 Å². The zero-order valence-corrected chi connectivity index (χ0v) is 12.2. The van der Waals surface area contributed by atoms with Crippen LogP contribution >= 0.6 is 0 Å². The van der Waals surface area contributed by atoms with E-state index in [1.54, 1.807) is 0 Å². The summed E-state index contributed by atoms with van der Waals surface area (Å²) in [6.07, 6.45) is 8.48. The molecule has 1 aromatic carbocycles. The molecule has 2 aromatic rings. The van der Waals surface area contributed by atoms with Gasteiger partial charge in [0.1, 0.15) is 6.29 Å². The number of aldehydes is 1. The Morgan fingerprint density at radius 1 is 1.25 bits per heavy atom. The van der Waals surface area contributed by atoms with Crippen molar-refractivity contribution < 1.29 is 4.79 Å². The van der Waals surface area contributed by atoms with Crippen LogP contribution < -0.4 is 0 Å². The van der Waals surface area contributed by atoms with Crippen LogP contribution in [0.4, 0.5) is 0 Å². The first kappa shape index (κ1) is 13.4. The molecule has 1 N–H and O–H groups in total. The number of benzene rings is 1. The molecule has 1 saturated carbocycles. The van der Waals surface area contributed by atoms with Gasteiger partial charge in [-0.3, -0.25) is 0 Å². The topological polar surface area (TPSA) is 32.9 Å². The van der Waals surface area contributed by atoms with Crippen molar-refractivity contribution in [1.82, 2.24) is 4.98 Å². The summed E-state index contributed by atoms with van der Waals surface area (Å²) >= 11 is 0. The smallest absolute Gasteiger partial charge is 0.123 e. The van der Waals surface area contributed by atoms with Crippen LogP contribution in [0, 0.1) is 18.8 Å². The van der Waals surface area contributed by atoms with E-state index in [0.29, 0.717) is 5.92 Å². The van der Waals surface area contributed by atoms with Crippen molar-refractivity contribution in [3.05, 3.63) is 35.5 Å². The molecule has 1 aromatic heterocycles. The lowest BCUT2D eigenvalue weighted by Crippen LogP contribution is -2.21. The number of aryl methyl sites for hydroxylation is 1. The number of rotatable bonds is 4. The average molecular weight is 269 g/mol. The Hall–Kier alpha value is -1.57. The lowest BCUT2D eigenvalue weighted by molar-refractivity contribution is -0.112. The molecule has 0 bridgehead atoms. The van der Waals surface area contributed by atoms with Crippen LogP contribution in [0.2, 0.25) is 0 Å².